The van der Waals surface area contributed by atoms with Gasteiger partial charge >= 0.3 is 0 Å². The summed E-state index contributed by atoms with van der Waals surface area (Å²) in [6, 6.07) is 0. The smallest absolute Gasteiger partial charge is 0.185 e. The molecular weight excluding hydrogens is 256 g/mol. The van der Waals surface area contributed by atoms with Crippen LogP contribution >= 0.6 is 11.3 Å². The highest BCUT2D eigenvalue weighted by Gasteiger charge is 2.24. The lowest BCUT2D eigenvalue weighted by atomic mass is 9.96. The largest absolute Gasteiger partial charge is 0.348 e. The molecule has 1 aromatic heterocycles. The van der Waals surface area contributed by atoms with Gasteiger partial charge in [-0.25, -0.2) is 4.98 Å². The topological polar surface area (TPSA) is 45.4 Å². The van der Waals surface area contributed by atoms with Crippen LogP contribution in [-0.4, -0.2) is 42.6 Å². The molecule has 0 aromatic carbocycles. The van der Waals surface area contributed by atoms with Crippen molar-refractivity contribution in [3.8, 4) is 0 Å². The molecule has 2 aliphatic rings. The van der Waals surface area contributed by atoms with Crippen molar-refractivity contribution in [3.05, 3.63) is 11.1 Å². The van der Waals surface area contributed by atoms with E-state index in [9.17, 15) is 0 Å². The molecule has 3 rings (SSSR count). The van der Waals surface area contributed by atoms with Crippen LogP contribution in [0.25, 0.3) is 0 Å². The lowest BCUT2D eigenvalue weighted by Gasteiger charge is -2.33. The third-order valence-corrected chi connectivity index (χ3v) is 5.42. The second kappa shape index (κ2) is 6.20. The summed E-state index contributed by atoms with van der Waals surface area (Å²) >= 11 is 1.75. The third kappa shape index (κ3) is 3.27. The van der Waals surface area contributed by atoms with Crippen LogP contribution in [0, 0.1) is 5.92 Å². The molecule has 1 aromatic rings. The van der Waals surface area contributed by atoms with Crippen LogP contribution in [0.15, 0.2) is 6.20 Å². The molecule has 5 heteroatoms. The molecule has 0 bridgehead atoms. The number of piperidine rings is 1. The van der Waals surface area contributed by atoms with Crippen LogP contribution in [0.1, 0.15) is 30.6 Å². The molecule has 2 fully saturated rings. The zero-order valence-corrected chi connectivity index (χ0v) is 12.4. The van der Waals surface area contributed by atoms with Crippen molar-refractivity contribution in [2.45, 2.75) is 32.2 Å². The molecule has 2 saturated heterocycles. The van der Waals surface area contributed by atoms with Gasteiger partial charge in [-0.1, -0.05) is 0 Å². The van der Waals surface area contributed by atoms with E-state index in [1.807, 2.05) is 6.20 Å². The van der Waals surface area contributed by atoms with Crippen molar-refractivity contribution >= 4 is 16.5 Å². The van der Waals surface area contributed by atoms with E-state index >= 15 is 0 Å². The standard InChI is InChI=1S/C14H24N4S/c15-9-13-10-16-14(19-13)18-7-3-12(4-8-18)11-17-5-1-2-6-17/h10,12H,1-9,11,15H2. The number of anilines is 1. The van der Waals surface area contributed by atoms with Crippen LogP contribution in [0.3, 0.4) is 0 Å². The highest BCUT2D eigenvalue weighted by Crippen LogP contribution is 2.28. The number of aromatic nitrogens is 1. The number of nitrogens with zero attached hydrogens (tertiary/aromatic N) is 3. The predicted octanol–water partition coefficient (Wildman–Crippen LogP) is 1.91. The molecule has 0 aliphatic carbocycles. The first-order valence-corrected chi connectivity index (χ1v) is 8.29. The van der Waals surface area contributed by atoms with E-state index in [0.717, 1.165) is 19.0 Å². The molecule has 3 heterocycles. The average Bonchev–Trinajstić information content (AvgIpc) is 3.10. The Hall–Kier alpha value is -0.650. The van der Waals surface area contributed by atoms with Gasteiger partial charge < -0.3 is 15.5 Å². The van der Waals surface area contributed by atoms with Gasteiger partial charge in [-0.05, 0) is 44.7 Å². The molecule has 106 valence electrons. The summed E-state index contributed by atoms with van der Waals surface area (Å²) in [5.74, 6) is 0.892. The fraction of sp³-hybridized carbons (Fsp3) is 0.786. The Morgan fingerprint density at radius 2 is 1.95 bits per heavy atom. The van der Waals surface area contributed by atoms with Crippen LogP contribution in [0.4, 0.5) is 5.13 Å². The minimum absolute atomic E-state index is 0.614. The van der Waals surface area contributed by atoms with Crippen molar-refractivity contribution in [1.29, 1.82) is 0 Å². The molecule has 0 radical (unpaired) electrons. The Kier molecular flexibility index (Phi) is 4.35. The summed E-state index contributed by atoms with van der Waals surface area (Å²) in [5, 5.41) is 1.17. The summed E-state index contributed by atoms with van der Waals surface area (Å²) in [7, 11) is 0. The van der Waals surface area contributed by atoms with E-state index < -0.39 is 0 Å². The van der Waals surface area contributed by atoms with Crippen molar-refractivity contribution in [2.24, 2.45) is 11.7 Å². The molecular formula is C14H24N4S. The fourth-order valence-electron chi connectivity index (χ4n) is 3.17. The molecule has 0 saturated carbocycles. The first kappa shape index (κ1) is 13.3. The third-order valence-electron chi connectivity index (χ3n) is 4.34. The second-order valence-corrected chi connectivity index (χ2v) is 6.85. The minimum Gasteiger partial charge on any atom is -0.348 e. The average molecular weight is 280 g/mol. The van der Waals surface area contributed by atoms with Crippen molar-refractivity contribution in [2.75, 3.05) is 37.6 Å². The van der Waals surface area contributed by atoms with Gasteiger partial charge in [-0.3, -0.25) is 0 Å². The maximum absolute atomic E-state index is 5.65. The Bertz CT molecular complexity index is 392. The van der Waals surface area contributed by atoms with Crippen molar-refractivity contribution in [1.82, 2.24) is 9.88 Å². The molecule has 2 N–H and O–H groups in total. The van der Waals surface area contributed by atoms with Crippen LogP contribution in [-0.2, 0) is 6.54 Å². The predicted molar refractivity (Wildman–Crippen MR) is 80.6 cm³/mol. The number of likely N-dealkylation sites (tertiary alicyclic amines) is 1. The minimum atomic E-state index is 0.614. The number of thiazole rings is 1. The van der Waals surface area contributed by atoms with Crippen LogP contribution in [0.5, 0.6) is 0 Å². The summed E-state index contributed by atoms with van der Waals surface area (Å²) < 4.78 is 0. The summed E-state index contributed by atoms with van der Waals surface area (Å²) in [6.45, 7) is 6.91. The quantitative estimate of drug-likeness (QED) is 0.915. The zero-order chi connectivity index (χ0) is 13.1. The number of nitrogens with two attached hydrogens (primary N) is 1. The first-order valence-electron chi connectivity index (χ1n) is 7.47. The maximum Gasteiger partial charge on any atom is 0.185 e. The lowest BCUT2D eigenvalue weighted by Crippen LogP contribution is -2.38. The van der Waals surface area contributed by atoms with Gasteiger partial charge in [-0.15, -0.1) is 11.3 Å². The Morgan fingerprint density at radius 1 is 1.21 bits per heavy atom. The van der Waals surface area contributed by atoms with Gasteiger partial charge in [-0.2, -0.15) is 0 Å². The van der Waals surface area contributed by atoms with Gasteiger partial charge in [0.2, 0.25) is 0 Å². The van der Waals surface area contributed by atoms with E-state index in [1.165, 1.54) is 55.3 Å². The summed E-state index contributed by atoms with van der Waals surface area (Å²) in [4.78, 5) is 10.8. The molecule has 19 heavy (non-hydrogen) atoms. The SMILES string of the molecule is NCc1cnc(N2CCC(CN3CCCC3)CC2)s1. The zero-order valence-electron chi connectivity index (χ0n) is 11.6. The van der Waals surface area contributed by atoms with Gasteiger partial charge in [0.25, 0.3) is 0 Å². The number of rotatable bonds is 4. The molecule has 0 atom stereocenters. The van der Waals surface area contributed by atoms with Gasteiger partial charge in [0.1, 0.15) is 0 Å². The number of hydrogen-bond donors (Lipinski definition) is 1. The van der Waals surface area contributed by atoms with E-state index in [2.05, 4.69) is 14.8 Å². The summed E-state index contributed by atoms with van der Waals surface area (Å²) in [6.07, 6.45) is 7.36. The summed E-state index contributed by atoms with van der Waals surface area (Å²) in [5.41, 5.74) is 5.65. The van der Waals surface area contributed by atoms with Crippen LogP contribution in [0.2, 0.25) is 0 Å². The van der Waals surface area contributed by atoms with E-state index in [4.69, 9.17) is 5.73 Å². The van der Waals surface area contributed by atoms with Gasteiger partial charge in [0.05, 0.1) is 0 Å². The molecule has 4 nitrogen and oxygen atoms in total. The van der Waals surface area contributed by atoms with Crippen LogP contribution < -0.4 is 10.6 Å². The fourth-order valence-corrected chi connectivity index (χ4v) is 4.02. The van der Waals surface area contributed by atoms with E-state index in [-0.39, 0.29) is 0 Å². The van der Waals surface area contributed by atoms with E-state index in [1.54, 1.807) is 11.3 Å². The molecule has 0 amide bonds. The Balaban J connectivity index is 1.48. The Morgan fingerprint density at radius 3 is 2.58 bits per heavy atom. The second-order valence-electron chi connectivity index (χ2n) is 5.75. The molecule has 2 aliphatic heterocycles. The maximum atomic E-state index is 5.65. The first-order chi connectivity index (χ1) is 9.35. The van der Waals surface area contributed by atoms with E-state index in [0.29, 0.717) is 6.54 Å². The molecule has 0 unspecified atom stereocenters. The monoisotopic (exact) mass is 280 g/mol. The lowest BCUT2D eigenvalue weighted by molar-refractivity contribution is 0.249. The Labute approximate surface area is 119 Å². The normalized spacial score (nSPS) is 22.3. The van der Waals surface area contributed by atoms with Gasteiger partial charge in [0, 0.05) is 37.3 Å². The number of hydrogen-bond acceptors (Lipinski definition) is 5. The highest BCUT2D eigenvalue weighted by atomic mass is 32.1. The van der Waals surface area contributed by atoms with Crippen molar-refractivity contribution < 1.29 is 0 Å². The molecule has 0 spiro atoms. The van der Waals surface area contributed by atoms with Gasteiger partial charge in [0.15, 0.2) is 5.13 Å². The highest BCUT2D eigenvalue weighted by molar-refractivity contribution is 7.15. The van der Waals surface area contributed by atoms with Crippen molar-refractivity contribution in [3.63, 3.8) is 0 Å².